The molecule has 0 bridgehead atoms. The molecule has 0 N–H and O–H groups in total. The van der Waals surface area contributed by atoms with Crippen LogP contribution in [-0.4, -0.2) is 6.29 Å². The maximum Gasteiger partial charge on any atom is 0.225 e. The summed E-state index contributed by atoms with van der Waals surface area (Å²) < 4.78 is 0. The molecule has 0 fully saturated rings. The quantitative estimate of drug-likeness (QED) is 0.280. The summed E-state index contributed by atoms with van der Waals surface area (Å²) in [7, 11) is 0. The van der Waals surface area contributed by atoms with E-state index >= 15 is 0 Å². The fourth-order valence-corrected chi connectivity index (χ4v) is 1.67. The average molecular weight is 221 g/mol. The molecule has 0 aromatic rings. The Morgan fingerprint density at radius 3 is 2.12 bits per heavy atom. The molecule has 0 aliphatic rings. The minimum Gasteiger partial charge on any atom is -0.286 e. The van der Waals surface area contributed by atoms with Crippen molar-refractivity contribution in [1.29, 1.82) is 0 Å². The highest BCUT2D eigenvalue weighted by atomic mass is 16.1. The molecule has 16 heavy (non-hydrogen) atoms. The topological polar surface area (TPSA) is 17.1 Å². The van der Waals surface area contributed by atoms with Gasteiger partial charge in [-0.25, -0.2) is 0 Å². The van der Waals surface area contributed by atoms with E-state index in [1.54, 1.807) is 12.4 Å². The van der Waals surface area contributed by atoms with Crippen LogP contribution in [0.2, 0.25) is 0 Å². The number of hydrogen-bond donors (Lipinski definition) is 0. The first-order valence-electron chi connectivity index (χ1n) is 6.61. The van der Waals surface area contributed by atoms with Crippen LogP contribution in [0.25, 0.3) is 0 Å². The molecule has 0 unspecified atom stereocenters. The summed E-state index contributed by atoms with van der Waals surface area (Å²) in [5.74, 6) is 0. The van der Waals surface area contributed by atoms with Gasteiger partial charge in [-0.1, -0.05) is 70.1 Å². The predicted octanol–water partition coefficient (Wildman–Crippen LogP) is 4.74. The number of carbonyl (C=O) groups excluding carboxylic acids is 1. The van der Waals surface area contributed by atoms with Gasteiger partial charge in [-0.15, -0.1) is 0 Å². The summed E-state index contributed by atoms with van der Waals surface area (Å²) in [6.45, 7) is 2.25. The molecule has 0 atom stereocenters. The molecule has 91 valence electrons. The van der Waals surface area contributed by atoms with Crippen LogP contribution in [0.1, 0.15) is 64.7 Å². The van der Waals surface area contributed by atoms with Crippen LogP contribution in [-0.2, 0) is 4.79 Å². The molecule has 0 heterocycles. The second kappa shape index (κ2) is 14.2. The molecule has 0 aliphatic carbocycles. The Morgan fingerprint density at radius 2 is 1.50 bits per heavy atom. The van der Waals surface area contributed by atoms with Gasteiger partial charge in [-0.05, 0) is 18.9 Å². The van der Waals surface area contributed by atoms with Crippen molar-refractivity contribution in [3.05, 3.63) is 24.3 Å². The smallest absolute Gasteiger partial charge is 0.225 e. The highest BCUT2D eigenvalue weighted by Gasteiger charge is 1.89. The summed E-state index contributed by atoms with van der Waals surface area (Å²) >= 11 is 0. The van der Waals surface area contributed by atoms with Crippen LogP contribution < -0.4 is 0 Å². The minimum atomic E-state index is 1.12. The van der Waals surface area contributed by atoms with E-state index in [0.29, 0.717) is 0 Å². The fourth-order valence-electron chi connectivity index (χ4n) is 1.67. The molecular formula is C15H25O. The fraction of sp³-hybridized carbons (Fsp3) is 0.667. The van der Waals surface area contributed by atoms with Crippen LogP contribution >= 0.6 is 0 Å². The second-order valence-corrected chi connectivity index (χ2v) is 4.17. The lowest BCUT2D eigenvalue weighted by Gasteiger charge is -1.99. The van der Waals surface area contributed by atoms with Crippen LogP contribution in [0.4, 0.5) is 0 Å². The minimum absolute atomic E-state index is 1.12. The summed E-state index contributed by atoms with van der Waals surface area (Å²) in [6.07, 6.45) is 20.9. The third kappa shape index (κ3) is 13.2. The Balaban J connectivity index is 3.06. The first kappa shape index (κ1) is 15.2. The van der Waals surface area contributed by atoms with E-state index in [4.69, 9.17) is 0 Å². The first-order chi connectivity index (χ1) is 7.91. The van der Waals surface area contributed by atoms with Gasteiger partial charge in [0.05, 0.1) is 0 Å². The summed E-state index contributed by atoms with van der Waals surface area (Å²) in [6, 6.07) is 0. The Kier molecular flexibility index (Phi) is 13.4. The Bertz CT molecular complexity index is 192. The van der Waals surface area contributed by atoms with Gasteiger partial charge in [0, 0.05) is 0 Å². The van der Waals surface area contributed by atoms with Crippen molar-refractivity contribution in [3.8, 4) is 0 Å². The molecule has 0 spiro atoms. The molecule has 0 aromatic carbocycles. The van der Waals surface area contributed by atoms with Crippen molar-refractivity contribution in [3.63, 3.8) is 0 Å². The third-order valence-corrected chi connectivity index (χ3v) is 2.64. The number of rotatable bonds is 11. The van der Waals surface area contributed by atoms with Gasteiger partial charge >= 0.3 is 0 Å². The van der Waals surface area contributed by atoms with Gasteiger partial charge in [0.15, 0.2) is 0 Å². The molecule has 0 aliphatic heterocycles. The van der Waals surface area contributed by atoms with E-state index in [0.717, 1.165) is 6.42 Å². The lowest BCUT2D eigenvalue weighted by atomic mass is 10.1. The standard InChI is InChI=1S/C15H25O/c1-2-3-4-5-6-7-8-9-10-11-12-13-14-15-16/h11-14H,2-10H2,1H3/b12-11+,14-13+. The zero-order valence-electron chi connectivity index (χ0n) is 10.6. The van der Waals surface area contributed by atoms with Gasteiger partial charge in [0.1, 0.15) is 0 Å². The average Bonchev–Trinajstić information content (AvgIpc) is 2.31. The Labute approximate surface area is 101 Å². The van der Waals surface area contributed by atoms with Crippen LogP contribution in [0, 0.1) is 0 Å². The van der Waals surface area contributed by atoms with E-state index in [9.17, 15) is 4.79 Å². The Hall–Kier alpha value is -0.850. The molecular weight excluding hydrogens is 196 g/mol. The van der Waals surface area contributed by atoms with E-state index < -0.39 is 0 Å². The number of hydrogen-bond acceptors (Lipinski definition) is 1. The van der Waals surface area contributed by atoms with Crippen molar-refractivity contribution in [2.24, 2.45) is 0 Å². The molecule has 0 aromatic heterocycles. The molecule has 0 saturated heterocycles. The first-order valence-corrected chi connectivity index (χ1v) is 6.61. The van der Waals surface area contributed by atoms with Crippen molar-refractivity contribution < 1.29 is 4.79 Å². The summed E-state index contributed by atoms with van der Waals surface area (Å²) in [5.41, 5.74) is 0. The van der Waals surface area contributed by atoms with Crippen LogP contribution in [0.5, 0.6) is 0 Å². The summed E-state index contributed by atoms with van der Waals surface area (Å²) in [4.78, 5) is 9.84. The normalized spacial score (nSPS) is 11.6. The van der Waals surface area contributed by atoms with Gasteiger partial charge in [0.2, 0.25) is 6.29 Å². The van der Waals surface area contributed by atoms with Gasteiger partial charge < -0.3 is 0 Å². The largest absolute Gasteiger partial charge is 0.286 e. The maximum absolute atomic E-state index is 9.84. The van der Waals surface area contributed by atoms with Crippen LogP contribution in [0.3, 0.4) is 0 Å². The maximum atomic E-state index is 9.84. The number of allylic oxidation sites excluding steroid dienone is 4. The third-order valence-electron chi connectivity index (χ3n) is 2.64. The van der Waals surface area contributed by atoms with Crippen molar-refractivity contribution in [1.82, 2.24) is 0 Å². The molecule has 1 heteroatoms. The molecule has 0 rings (SSSR count). The Morgan fingerprint density at radius 1 is 0.875 bits per heavy atom. The molecule has 1 nitrogen and oxygen atoms in total. The van der Waals surface area contributed by atoms with Gasteiger partial charge in [-0.2, -0.15) is 0 Å². The number of unbranched alkanes of at least 4 members (excludes halogenated alkanes) is 8. The predicted molar refractivity (Wildman–Crippen MR) is 71.2 cm³/mol. The second-order valence-electron chi connectivity index (χ2n) is 4.17. The van der Waals surface area contributed by atoms with Crippen molar-refractivity contribution in [2.75, 3.05) is 0 Å². The molecule has 0 saturated carbocycles. The van der Waals surface area contributed by atoms with Crippen LogP contribution in [0.15, 0.2) is 24.3 Å². The molecule has 1 radical (unpaired) electrons. The van der Waals surface area contributed by atoms with Crippen molar-refractivity contribution >= 4 is 6.29 Å². The monoisotopic (exact) mass is 221 g/mol. The van der Waals surface area contributed by atoms with E-state index in [1.807, 2.05) is 6.08 Å². The van der Waals surface area contributed by atoms with Gasteiger partial charge in [0.25, 0.3) is 0 Å². The van der Waals surface area contributed by atoms with Gasteiger partial charge in [-0.3, -0.25) is 4.79 Å². The van der Waals surface area contributed by atoms with E-state index in [2.05, 4.69) is 13.0 Å². The highest BCUT2D eigenvalue weighted by Crippen LogP contribution is 2.09. The highest BCUT2D eigenvalue weighted by molar-refractivity contribution is 5.66. The molecule has 0 amide bonds. The SMILES string of the molecule is CCCCCCCCCC/C=C/C=C/[C]=O. The van der Waals surface area contributed by atoms with E-state index in [-0.39, 0.29) is 0 Å². The summed E-state index contributed by atoms with van der Waals surface area (Å²) in [5, 5.41) is 0. The van der Waals surface area contributed by atoms with Crippen molar-refractivity contribution in [2.45, 2.75) is 64.7 Å². The lowest BCUT2D eigenvalue weighted by Crippen LogP contribution is -1.79. The lowest BCUT2D eigenvalue weighted by molar-refractivity contribution is 0.564. The zero-order valence-corrected chi connectivity index (χ0v) is 10.6. The van der Waals surface area contributed by atoms with E-state index in [1.165, 1.54) is 57.4 Å². The zero-order chi connectivity index (χ0) is 11.9.